The summed E-state index contributed by atoms with van der Waals surface area (Å²) in [6, 6.07) is 6.02. The Balaban J connectivity index is 2.18. The molecular formula is C15H17NO2. The van der Waals surface area contributed by atoms with Gasteiger partial charge < -0.3 is 9.84 Å². The van der Waals surface area contributed by atoms with E-state index in [2.05, 4.69) is 18.8 Å². The highest BCUT2D eigenvalue weighted by Crippen LogP contribution is 2.43. The first-order valence-corrected chi connectivity index (χ1v) is 6.32. The maximum Gasteiger partial charge on any atom is 0.135 e. The molecule has 1 aliphatic heterocycles. The molecule has 1 aliphatic rings. The third-order valence-corrected chi connectivity index (χ3v) is 3.56. The molecule has 0 bridgehead atoms. The third-order valence-electron chi connectivity index (χ3n) is 3.56. The molecule has 0 spiro atoms. The topological polar surface area (TPSA) is 42.4 Å². The molecule has 94 valence electrons. The van der Waals surface area contributed by atoms with Gasteiger partial charge in [-0.25, -0.2) is 0 Å². The monoisotopic (exact) mass is 243 g/mol. The maximum absolute atomic E-state index is 10.3. The molecule has 0 unspecified atom stereocenters. The summed E-state index contributed by atoms with van der Waals surface area (Å²) in [4.78, 5) is 4.32. The van der Waals surface area contributed by atoms with Gasteiger partial charge in [0.05, 0.1) is 0 Å². The fraction of sp³-hybridized carbons (Fsp3) is 0.400. The SMILES string of the molecule is Cc1cc2ccc3c(c2cn1)O[C@H](C(C)C)[C@H]3O. The number of nitrogens with zero attached hydrogens (tertiary/aromatic N) is 1. The van der Waals surface area contributed by atoms with E-state index >= 15 is 0 Å². The number of fused-ring (bicyclic) bond motifs is 3. The van der Waals surface area contributed by atoms with Crippen LogP contribution in [0.4, 0.5) is 0 Å². The van der Waals surface area contributed by atoms with E-state index in [0.29, 0.717) is 0 Å². The first-order valence-electron chi connectivity index (χ1n) is 6.32. The minimum absolute atomic E-state index is 0.160. The molecule has 2 atom stereocenters. The lowest BCUT2D eigenvalue weighted by Crippen LogP contribution is -2.24. The van der Waals surface area contributed by atoms with E-state index in [1.165, 1.54) is 0 Å². The summed E-state index contributed by atoms with van der Waals surface area (Å²) in [7, 11) is 0. The molecule has 3 rings (SSSR count). The maximum atomic E-state index is 10.3. The quantitative estimate of drug-likeness (QED) is 0.837. The van der Waals surface area contributed by atoms with Gasteiger partial charge in [-0.05, 0) is 24.3 Å². The van der Waals surface area contributed by atoms with Crippen molar-refractivity contribution in [2.75, 3.05) is 0 Å². The molecule has 1 aromatic carbocycles. The number of aliphatic hydroxyl groups excluding tert-OH is 1. The van der Waals surface area contributed by atoms with Crippen molar-refractivity contribution in [2.24, 2.45) is 5.92 Å². The Morgan fingerprint density at radius 1 is 1.33 bits per heavy atom. The minimum Gasteiger partial charge on any atom is -0.486 e. The molecule has 2 heterocycles. The first kappa shape index (κ1) is 11.5. The fourth-order valence-electron chi connectivity index (χ4n) is 2.56. The molecule has 0 aliphatic carbocycles. The van der Waals surface area contributed by atoms with Crippen LogP contribution < -0.4 is 4.74 Å². The molecule has 1 aromatic heterocycles. The van der Waals surface area contributed by atoms with E-state index in [0.717, 1.165) is 27.8 Å². The van der Waals surface area contributed by atoms with Crippen molar-refractivity contribution in [1.29, 1.82) is 0 Å². The summed E-state index contributed by atoms with van der Waals surface area (Å²) in [5.74, 6) is 1.08. The van der Waals surface area contributed by atoms with Crippen molar-refractivity contribution >= 4 is 10.8 Å². The van der Waals surface area contributed by atoms with Gasteiger partial charge in [-0.15, -0.1) is 0 Å². The Morgan fingerprint density at radius 3 is 2.83 bits per heavy atom. The number of ether oxygens (including phenoxy) is 1. The van der Waals surface area contributed by atoms with Crippen molar-refractivity contribution in [3.05, 3.63) is 35.7 Å². The molecule has 0 saturated heterocycles. The molecule has 2 aromatic rings. The molecule has 1 N–H and O–H groups in total. The Bertz CT molecular complexity index is 607. The zero-order chi connectivity index (χ0) is 12.9. The zero-order valence-electron chi connectivity index (χ0n) is 10.8. The fourth-order valence-corrected chi connectivity index (χ4v) is 2.56. The molecule has 18 heavy (non-hydrogen) atoms. The van der Waals surface area contributed by atoms with E-state index in [9.17, 15) is 5.11 Å². The number of hydrogen-bond donors (Lipinski definition) is 1. The second kappa shape index (κ2) is 3.95. The van der Waals surface area contributed by atoms with E-state index in [-0.39, 0.29) is 12.0 Å². The Labute approximate surface area is 106 Å². The van der Waals surface area contributed by atoms with Crippen LogP contribution >= 0.6 is 0 Å². The minimum atomic E-state index is -0.536. The van der Waals surface area contributed by atoms with Crippen LogP contribution in [0.1, 0.15) is 31.2 Å². The highest BCUT2D eigenvalue weighted by atomic mass is 16.5. The van der Waals surface area contributed by atoms with E-state index < -0.39 is 6.10 Å². The highest BCUT2D eigenvalue weighted by Gasteiger charge is 2.35. The van der Waals surface area contributed by atoms with E-state index in [1.807, 2.05) is 31.3 Å². The zero-order valence-corrected chi connectivity index (χ0v) is 10.8. The van der Waals surface area contributed by atoms with Gasteiger partial charge in [-0.2, -0.15) is 0 Å². The lowest BCUT2D eigenvalue weighted by molar-refractivity contribution is 0.0388. The Kier molecular flexibility index (Phi) is 2.52. The molecule has 0 amide bonds. The van der Waals surface area contributed by atoms with Crippen LogP contribution in [0.2, 0.25) is 0 Å². The lowest BCUT2D eigenvalue weighted by Gasteiger charge is -2.18. The summed E-state index contributed by atoms with van der Waals surface area (Å²) in [6.07, 6.45) is 1.14. The predicted octanol–water partition coefficient (Wildman–Crippen LogP) is 2.99. The number of aryl methyl sites for hydroxylation is 1. The van der Waals surface area contributed by atoms with Crippen molar-refractivity contribution in [3.63, 3.8) is 0 Å². The van der Waals surface area contributed by atoms with Crippen LogP contribution in [0, 0.1) is 12.8 Å². The van der Waals surface area contributed by atoms with Crippen molar-refractivity contribution in [1.82, 2.24) is 4.98 Å². The molecular weight excluding hydrogens is 226 g/mol. The Morgan fingerprint density at radius 2 is 2.11 bits per heavy atom. The standard InChI is InChI=1S/C15H17NO2/c1-8(2)14-13(17)11-5-4-10-6-9(3)16-7-12(10)15(11)18-14/h4-8,13-14,17H,1-3H3/t13-,14+/m0/s1. The van der Waals surface area contributed by atoms with Gasteiger partial charge in [-0.3, -0.25) is 4.98 Å². The smallest absolute Gasteiger partial charge is 0.135 e. The van der Waals surface area contributed by atoms with Crippen LogP contribution in [0.5, 0.6) is 5.75 Å². The summed E-state index contributed by atoms with van der Waals surface area (Å²) < 4.78 is 5.94. The van der Waals surface area contributed by atoms with E-state index in [4.69, 9.17) is 4.74 Å². The van der Waals surface area contributed by atoms with Crippen LogP contribution in [-0.4, -0.2) is 16.2 Å². The first-order chi connectivity index (χ1) is 8.58. The predicted molar refractivity (Wildman–Crippen MR) is 70.7 cm³/mol. The molecule has 3 nitrogen and oxygen atoms in total. The molecule has 0 radical (unpaired) electrons. The van der Waals surface area contributed by atoms with Crippen LogP contribution in [0.3, 0.4) is 0 Å². The average molecular weight is 243 g/mol. The molecule has 3 heteroatoms. The number of aromatic nitrogens is 1. The summed E-state index contributed by atoms with van der Waals surface area (Å²) in [5, 5.41) is 12.4. The van der Waals surface area contributed by atoms with Crippen LogP contribution in [-0.2, 0) is 0 Å². The van der Waals surface area contributed by atoms with Gasteiger partial charge in [0.25, 0.3) is 0 Å². The number of hydrogen-bond acceptors (Lipinski definition) is 3. The third kappa shape index (κ3) is 1.58. The van der Waals surface area contributed by atoms with Crippen LogP contribution in [0.25, 0.3) is 10.8 Å². The number of rotatable bonds is 1. The van der Waals surface area contributed by atoms with Crippen LogP contribution in [0.15, 0.2) is 24.4 Å². The number of pyridine rings is 1. The summed E-state index contributed by atoms with van der Waals surface area (Å²) >= 11 is 0. The summed E-state index contributed by atoms with van der Waals surface area (Å²) in [6.45, 7) is 6.09. The molecule has 0 saturated carbocycles. The van der Waals surface area contributed by atoms with Crippen molar-refractivity contribution < 1.29 is 9.84 Å². The average Bonchev–Trinajstić information content (AvgIpc) is 2.67. The van der Waals surface area contributed by atoms with Gasteiger partial charge in [0.15, 0.2) is 0 Å². The summed E-state index contributed by atoms with van der Waals surface area (Å²) in [5.41, 5.74) is 1.87. The largest absolute Gasteiger partial charge is 0.486 e. The lowest BCUT2D eigenvalue weighted by atomic mass is 9.97. The number of aliphatic hydroxyl groups is 1. The van der Waals surface area contributed by atoms with Gasteiger partial charge in [0.1, 0.15) is 18.0 Å². The van der Waals surface area contributed by atoms with Gasteiger partial charge in [0.2, 0.25) is 0 Å². The van der Waals surface area contributed by atoms with Gasteiger partial charge in [-0.1, -0.05) is 26.0 Å². The molecule has 0 fully saturated rings. The second-order valence-electron chi connectivity index (χ2n) is 5.30. The van der Waals surface area contributed by atoms with E-state index in [1.54, 1.807) is 0 Å². The van der Waals surface area contributed by atoms with Crippen molar-refractivity contribution in [3.8, 4) is 5.75 Å². The number of benzene rings is 1. The Hall–Kier alpha value is -1.61. The highest BCUT2D eigenvalue weighted by molar-refractivity contribution is 5.89. The van der Waals surface area contributed by atoms with Crippen molar-refractivity contribution in [2.45, 2.75) is 33.0 Å². The van der Waals surface area contributed by atoms with Gasteiger partial charge >= 0.3 is 0 Å². The second-order valence-corrected chi connectivity index (χ2v) is 5.30. The normalized spacial score (nSPS) is 22.3. The van der Waals surface area contributed by atoms with Gasteiger partial charge in [0, 0.05) is 22.8 Å².